The highest BCUT2D eigenvalue weighted by molar-refractivity contribution is 7.92. The molecule has 1 heterocycles. The lowest BCUT2D eigenvalue weighted by Gasteiger charge is -2.10. The molecule has 2 N–H and O–H groups in total. The highest BCUT2D eigenvalue weighted by Gasteiger charge is 2.19. The summed E-state index contributed by atoms with van der Waals surface area (Å²) in [6, 6.07) is 11.3. The van der Waals surface area contributed by atoms with Crippen molar-refractivity contribution in [3.8, 4) is 11.4 Å². The summed E-state index contributed by atoms with van der Waals surface area (Å²) in [6.45, 7) is 3.15. The Labute approximate surface area is 160 Å². The molecule has 9 nitrogen and oxygen atoms in total. The molecule has 2 aromatic carbocycles. The van der Waals surface area contributed by atoms with E-state index in [4.69, 9.17) is 0 Å². The first kappa shape index (κ1) is 19.2. The standard InChI is InChI=1S/C18H16N4O5S/c1-11-8-15(6-7-16(11)22(24)25)28(26,27)21-14-5-3-4-13(10-14)18-19-12(2)9-17(23)20-18/h3-10,21H,1-2H3,(H,19,20,23). The number of nitro benzene ring substituents is 1. The largest absolute Gasteiger partial charge is 0.307 e. The summed E-state index contributed by atoms with van der Waals surface area (Å²) < 4.78 is 27.7. The monoisotopic (exact) mass is 400 g/mol. The van der Waals surface area contributed by atoms with Gasteiger partial charge in [0.2, 0.25) is 0 Å². The molecule has 0 bridgehead atoms. The van der Waals surface area contributed by atoms with Crippen LogP contribution in [0.25, 0.3) is 11.4 Å². The summed E-state index contributed by atoms with van der Waals surface area (Å²) >= 11 is 0. The fraction of sp³-hybridized carbons (Fsp3) is 0.111. The van der Waals surface area contributed by atoms with E-state index in [-0.39, 0.29) is 27.4 Å². The van der Waals surface area contributed by atoms with E-state index in [0.29, 0.717) is 17.1 Å². The number of hydrogen-bond donors (Lipinski definition) is 2. The van der Waals surface area contributed by atoms with Crippen molar-refractivity contribution in [2.24, 2.45) is 0 Å². The lowest BCUT2D eigenvalue weighted by Crippen LogP contribution is -2.13. The van der Waals surface area contributed by atoms with Gasteiger partial charge in [-0.1, -0.05) is 12.1 Å². The zero-order chi connectivity index (χ0) is 20.5. The second kappa shape index (κ2) is 7.24. The Kier molecular flexibility index (Phi) is 4.97. The van der Waals surface area contributed by atoms with Crippen LogP contribution in [0.15, 0.2) is 58.2 Å². The van der Waals surface area contributed by atoms with Crippen LogP contribution in [-0.2, 0) is 10.0 Å². The molecule has 0 unspecified atom stereocenters. The van der Waals surface area contributed by atoms with Crippen molar-refractivity contribution in [3.63, 3.8) is 0 Å². The number of nitrogens with zero attached hydrogens (tertiary/aromatic N) is 2. The maximum Gasteiger partial charge on any atom is 0.272 e. The van der Waals surface area contributed by atoms with Gasteiger partial charge in [-0.3, -0.25) is 19.6 Å². The van der Waals surface area contributed by atoms with Crippen LogP contribution in [0.5, 0.6) is 0 Å². The summed E-state index contributed by atoms with van der Waals surface area (Å²) in [6.07, 6.45) is 0. The molecule has 0 amide bonds. The lowest BCUT2D eigenvalue weighted by molar-refractivity contribution is -0.385. The molecule has 0 aliphatic carbocycles. The van der Waals surface area contributed by atoms with E-state index in [0.717, 1.165) is 6.07 Å². The Hall–Kier alpha value is -3.53. The minimum absolute atomic E-state index is 0.0944. The molecule has 0 fully saturated rings. The normalized spacial score (nSPS) is 11.2. The van der Waals surface area contributed by atoms with Gasteiger partial charge in [0.15, 0.2) is 0 Å². The Balaban J connectivity index is 1.94. The fourth-order valence-corrected chi connectivity index (χ4v) is 3.79. The number of rotatable bonds is 5. The summed E-state index contributed by atoms with van der Waals surface area (Å²) in [5.74, 6) is 0.317. The van der Waals surface area contributed by atoms with Gasteiger partial charge in [0.25, 0.3) is 21.3 Å². The van der Waals surface area contributed by atoms with E-state index < -0.39 is 14.9 Å². The van der Waals surface area contributed by atoms with Crippen molar-refractivity contribution >= 4 is 21.4 Å². The SMILES string of the molecule is Cc1cc(=O)[nH]c(-c2cccc(NS(=O)(=O)c3ccc([N+](=O)[O-])c(C)c3)c2)n1. The molecule has 3 aromatic rings. The van der Waals surface area contributed by atoms with Crippen molar-refractivity contribution in [3.05, 3.63) is 80.3 Å². The lowest BCUT2D eigenvalue weighted by atomic mass is 10.2. The van der Waals surface area contributed by atoms with Crippen molar-refractivity contribution in [1.82, 2.24) is 9.97 Å². The molecule has 144 valence electrons. The van der Waals surface area contributed by atoms with Gasteiger partial charge in [-0.05, 0) is 38.1 Å². The molecular formula is C18H16N4O5S. The third kappa shape index (κ3) is 4.07. The van der Waals surface area contributed by atoms with E-state index in [1.165, 1.54) is 31.2 Å². The highest BCUT2D eigenvalue weighted by atomic mass is 32.2. The first-order chi connectivity index (χ1) is 13.2. The summed E-state index contributed by atoms with van der Waals surface area (Å²) in [4.78, 5) is 28.7. The van der Waals surface area contributed by atoms with Crippen LogP contribution in [0, 0.1) is 24.0 Å². The number of sulfonamides is 1. The van der Waals surface area contributed by atoms with E-state index in [1.807, 2.05) is 0 Å². The minimum Gasteiger partial charge on any atom is -0.307 e. The van der Waals surface area contributed by atoms with Crippen LogP contribution < -0.4 is 10.3 Å². The predicted octanol–water partition coefficient (Wildman–Crippen LogP) is 2.76. The molecule has 0 spiro atoms. The predicted molar refractivity (Wildman–Crippen MR) is 104 cm³/mol. The Bertz CT molecular complexity index is 1230. The molecule has 1 aromatic heterocycles. The van der Waals surface area contributed by atoms with Gasteiger partial charge >= 0.3 is 0 Å². The average molecular weight is 400 g/mol. The van der Waals surface area contributed by atoms with Gasteiger partial charge in [0.05, 0.1) is 9.82 Å². The van der Waals surface area contributed by atoms with Crippen LogP contribution >= 0.6 is 0 Å². The number of anilines is 1. The first-order valence-electron chi connectivity index (χ1n) is 8.12. The van der Waals surface area contributed by atoms with Gasteiger partial charge in [0, 0.05) is 34.6 Å². The molecule has 0 saturated carbocycles. The minimum atomic E-state index is -3.96. The van der Waals surface area contributed by atoms with Gasteiger partial charge < -0.3 is 4.98 Å². The maximum atomic E-state index is 12.6. The smallest absolute Gasteiger partial charge is 0.272 e. The van der Waals surface area contributed by atoms with Crippen LogP contribution in [0.3, 0.4) is 0 Å². The van der Waals surface area contributed by atoms with Gasteiger partial charge in [-0.25, -0.2) is 13.4 Å². The molecule has 10 heteroatoms. The van der Waals surface area contributed by atoms with Crippen molar-refractivity contribution in [2.75, 3.05) is 4.72 Å². The molecule has 0 aliphatic heterocycles. The first-order valence-corrected chi connectivity index (χ1v) is 9.60. The number of hydrogen-bond acceptors (Lipinski definition) is 6. The molecule has 3 rings (SSSR count). The van der Waals surface area contributed by atoms with E-state index in [9.17, 15) is 23.3 Å². The number of H-pyrrole nitrogens is 1. The molecule has 0 radical (unpaired) electrons. The fourth-order valence-electron chi connectivity index (χ4n) is 2.66. The van der Waals surface area contributed by atoms with E-state index in [2.05, 4.69) is 14.7 Å². The van der Waals surface area contributed by atoms with Crippen LogP contribution in [0.2, 0.25) is 0 Å². The molecule has 0 saturated heterocycles. The number of nitro groups is 1. The third-order valence-corrected chi connectivity index (χ3v) is 5.31. The molecule has 28 heavy (non-hydrogen) atoms. The van der Waals surface area contributed by atoms with Crippen LogP contribution in [-0.4, -0.2) is 23.3 Å². The summed E-state index contributed by atoms with van der Waals surface area (Å²) in [5, 5.41) is 10.9. The Morgan fingerprint density at radius 1 is 1.11 bits per heavy atom. The van der Waals surface area contributed by atoms with Crippen molar-refractivity contribution < 1.29 is 13.3 Å². The number of nitrogens with one attached hydrogen (secondary N) is 2. The number of benzene rings is 2. The second-order valence-electron chi connectivity index (χ2n) is 6.13. The van der Waals surface area contributed by atoms with Gasteiger partial charge in [-0.2, -0.15) is 0 Å². The highest BCUT2D eigenvalue weighted by Crippen LogP contribution is 2.25. The number of aryl methyl sites for hydroxylation is 2. The quantitative estimate of drug-likeness (QED) is 0.499. The van der Waals surface area contributed by atoms with Gasteiger partial charge in [0.1, 0.15) is 5.82 Å². The summed E-state index contributed by atoms with van der Waals surface area (Å²) in [7, 11) is -3.96. The van der Waals surface area contributed by atoms with Crippen molar-refractivity contribution in [2.45, 2.75) is 18.7 Å². The third-order valence-electron chi connectivity index (χ3n) is 3.93. The Morgan fingerprint density at radius 2 is 1.86 bits per heavy atom. The molecule has 0 atom stereocenters. The molecular weight excluding hydrogens is 384 g/mol. The van der Waals surface area contributed by atoms with Crippen molar-refractivity contribution in [1.29, 1.82) is 0 Å². The van der Waals surface area contributed by atoms with E-state index >= 15 is 0 Å². The average Bonchev–Trinajstić information content (AvgIpc) is 2.60. The second-order valence-corrected chi connectivity index (χ2v) is 7.81. The molecule has 0 aliphatic rings. The topological polar surface area (TPSA) is 135 Å². The summed E-state index contributed by atoms with van der Waals surface area (Å²) in [5.41, 5.74) is 1.10. The van der Waals surface area contributed by atoms with Gasteiger partial charge in [-0.15, -0.1) is 0 Å². The number of aromatic nitrogens is 2. The van der Waals surface area contributed by atoms with Crippen LogP contribution in [0.1, 0.15) is 11.3 Å². The zero-order valence-electron chi connectivity index (χ0n) is 15.0. The maximum absolute atomic E-state index is 12.6. The number of aromatic amines is 1. The van der Waals surface area contributed by atoms with Crippen LogP contribution in [0.4, 0.5) is 11.4 Å². The Morgan fingerprint density at radius 3 is 2.50 bits per heavy atom. The zero-order valence-corrected chi connectivity index (χ0v) is 15.8. The van der Waals surface area contributed by atoms with E-state index in [1.54, 1.807) is 25.1 Å².